The Balaban J connectivity index is 1.33. The molecule has 0 aliphatic carbocycles. The van der Waals surface area contributed by atoms with Crippen LogP contribution >= 0.6 is 0 Å². The van der Waals surface area contributed by atoms with Gasteiger partial charge in [-0.3, -0.25) is 9.69 Å². The van der Waals surface area contributed by atoms with E-state index in [9.17, 15) is 4.79 Å². The molecule has 3 aromatic rings. The summed E-state index contributed by atoms with van der Waals surface area (Å²) in [5.41, 5.74) is 5.85. The second-order valence-corrected chi connectivity index (χ2v) is 9.01. The lowest BCUT2D eigenvalue weighted by Gasteiger charge is -2.34. The first kappa shape index (κ1) is 23.9. The molecule has 0 bridgehead atoms. The molecule has 8 nitrogen and oxygen atoms in total. The molecule has 34 heavy (non-hydrogen) atoms. The Bertz CT molecular complexity index is 1130. The second kappa shape index (κ2) is 10.3. The number of hydrogen-bond donors (Lipinski definition) is 0. The van der Waals surface area contributed by atoms with E-state index in [-0.39, 0.29) is 5.91 Å². The van der Waals surface area contributed by atoms with Gasteiger partial charge in [0, 0.05) is 55.4 Å². The fourth-order valence-corrected chi connectivity index (χ4v) is 4.49. The van der Waals surface area contributed by atoms with Crippen molar-refractivity contribution in [3.05, 3.63) is 64.2 Å². The summed E-state index contributed by atoms with van der Waals surface area (Å²) in [7, 11) is 1.68. The first-order valence-electron chi connectivity index (χ1n) is 11.8. The Labute approximate surface area is 201 Å². The van der Waals surface area contributed by atoms with Crippen LogP contribution in [0, 0.1) is 27.7 Å². The zero-order valence-electron chi connectivity index (χ0n) is 20.8. The molecule has 8 heteroatoms. The smallest absolute Gasteiger partial charge is 0.251 e. The Morgan fingerprint density at radius 2 is 1.62 bits per heavy atom. The molecule has 0 spiro atoms. The van der Waals surface area contributed by atoms with Crippen molar-refractivity contribution in [2.45, 2.75) is 40.5 Å². The highest BCUT2D eigenvalue weighted by Crippen LogP contribution is 2.19. The fourth-order valence-electron chi connectivity index (χ4n) is 4.49. The minimum Gasteiger partial charge on any atom is -0.497 e. The molecule has 0 N–H and O–H groups in total. The highest BCUT2D eigenvalue weighted by atomic mass is 16.5. The van der Waals surface area contributed by atoms with Crippen LogP contribution in [0.2, 0.25) is 0 Å². The number of ether oxygens (including phenoxy) is 1. The van der Waals surface area contributed by atoms with E-state index in [0.717, 1.165) is 73.2 Å². The monoisotopic (exact) mass is 462 g/mol. The molecule has 0 unspecified atom stereocenters. The summed E-state index contributed by atoms with van der Waals surface area (Å²) in [6.45, 7) is 12.1. The Morgan fingerprint density at radius 3 is 2.24 bits per heavy atom. The van der Waals surface area contributed by atoms with E-state index in [1.54, 1.807) is 11.8 Å². The molecular formula is C26H34N6O2. The van der Waals surface area contributed by atoms with Gasteiger partial charge in [0.05, 0.1) is 19.2 Å². The second-order valence-electron chi connectivity index (χ2n) is 9.01. The van der Waals surface area contributed by atoms with E-state index in [4.69, 9.17) is 4.74 Å². The molecule has 1 aliphatic heterocycles. The molecule has 1 fully saturated rings. The number of carbonyl (C=O) groups is 1. The molecular weight excluding hydrogens is 428 g/mol. The van der Waals surface area contributed by atoms with Crippen molar-refractivity contribution < 1.29 is 9.53 Å². The maximum Gasteiger partial charge on any atom is 0.251 e. The minimum atomic E-state index is 0.155. The highest BCUT2D eigenvalue weighted by Gasteiger charge is 2.24. The SMILES string of the molecule is COc1ccc(CCN2CCN(C(=O)Cc3c(C)nn(-c4nc(C)cc(C)n4)c3C)CC2)cc1. The van der Waals surface area contributed by atoms with E-state index >= 15 is 0 Å². The van der Waals surface area contributed by atoms with Crippen molar-refractivity contribution in [1.82, 2.24) is 29.5 Å². The number of rotatable bonds is 7. The number of methoxy groups -OCH3 is 1. The Morgan fingerprint density at radius 1 is 0.971 bits per heavy atom. The lowest BCUT2D eigenvalue weighted by molar-refractivity contribution is -0.132. The first-order valence-corrected chi connectivity index (χ1v) is 11.8. The minimum absolute atomic E-state index is 0.155. The summed E-state index contributed by atoms with van der Waals surface area (Å²) < 4.78 is 6.99. The number of nitrogens with zero attached hydrogens (tertiary/aromatic N) is 6. The topological polar surface area (TPSA) is 76.4 Å². The van der Waals surface area contributed by atoms with Crippen molar-refractivity contribution in [1.29, 1.82) is 0 Å². The molecule has 1 saturated heterocycles. The van der Waals surface area contributed by atoms with E-state index in [0.29, 0.717) is 12.4 Å². The average molecular weight is 463 g/mol. The third-order valence-electron chi connectivity index (χ3n) is 6.53. The number of benzene rings is 1. The van der Waals surface area contributed by atoms with Crippen LogP contribution in [-0.4, -0.2) is 75.3 Å². The zero-order valence-corrected chi connectivity index (χ0v) is 20.8. The van der Waals surface area contributed by atoms with Gasteiger partial charge in [-0.25, -0.2) is 14.6 Å². The van der Waals surface area contributed by atoms with Crippen LogP contribution in [0.3, 0.4) is 0 Å². The maximum atomic E-state index is 13.1. The number of amides is 1. The van der Waals surface area contributed by atoms with Crippen LogP contribution in [0.15, 0.2) is 30.3 Å². The third kappa shape index (κ3) is 5.44. The van der Waals surface area contributed by atoms with Gasteiger partial charge in [0.2, 0.25) is 5.91 Å². The van der Waals surface area contributed by atoms with E-state index < -0.39 is 0 Å². The summed E-state index contributed by atoms with van der Waals surface area (Å²) in [6, 6.07) is 10.2. The largest absolute Gasteiger partial charge is 0.497 e. The van der Waals surface area contributed by atoms with Crippen molar-refractivity contribution >= 4 is 5.91 Å². The third-order valence-corrected chi connectivity index (χ3v) is 6.53. The number of aryl methyl sites for hydroxylation is 3. The summed E-state index contributed by atoms with van der Waals surface area (Å²) >= 11 is 0. The Hall–Kier alpha value is -3.26. The van der Waals surface area contributed by atoms with Crippen LogP contribution in [0.5, 0.6) is 5.75 Å². The van der Waals surface area contributed by atoms with Crippen molar-refractivity contribution in [2.75, 3.05) is 39.8 Å². The summed E-state index contributed by atoms with van der Waals surface area (Å²) in [6.07, 6.45) is 1.35. The zero-order chi connectivity index (χ0) is 24.2. The van der Waals surface area contributed by atoms with Crippen LogP contribution in [0.25, 0.3) is 5.95 Å². The predicted molar refractivity (Wildman–Crippen MR) is 132 cm³/mol. The number of carbonyl (C=O) groups excluding carboxylic acids is 1. The summed E-state index contributed by atoms with van der Waals surface area (Å²) in [5.74, 6) is 1.59. The highest BCUT2D eigenvalue weighted by molar-refractivity contribution is 5.79. The quantitative estimate of drug-likeness (QED) is 0.537. The fraction of sp³-hybridized carbons (Fsp3) is 0.462. The molecule has 2 aromatic heterocycles. The lowest BCUT2D eigenvalue weighted by atomic mass is 10.1. The van der Waals surface area contributed by atoms with Crippen LogP contribution in [0.4, 0.5) is 0 Å². The van der Waals surface area contributed by atoms with Crippen LogP contribution in [-0.2, 0) is 17.6 Å². The maximum absolute atomic E-state index is 13.1. The van der Waals surface area contributed by atoms with Gasteiger partial charge < -0.3 is 9.64 Å². The van der Waals surface area contributed by atoms with E-state index in [1.165, 1.54) is 5.56 Å². The van der Waals surface area contributed by atoms with Gasteiger partial charge in [0.25, 0.3) is 5.95 Å². The molecule has 0 radical (unpaired) electrons. The van der Waals surface area contributed by atoms with Gasteiger partial charge in [0.15, 0.2) is 0 Å². The standard InChI is InChI=1S/C26H34N6O2/c1-18-16-19(2)28-26(27-18)32-21(4)24(20(3)29-32)17-25(33)31-14-12-30(13-15-31)11-10-22-6-8-23(34-5)9-7-22/h6-9,16H,10-15,17H2,1-5H3. The normalized spacial score (nSPS) is 14.4. The molecule has 3 heterocycles. The van der Waals surface area contributed by atoms with E-state index in [1.807, 2.05) is 50.8 Å². The average Bonchev–Trinajstić information content (AvgIpc) is 3.11. The first-order chi connectivity index (χ1) is 16.3. The summed E-state index contributed by atoms with van der Waals surface area (Å²) in [4.78, 5) is 26.6. The van der Waals surface area contributed by atoms with Gasteiger partial charge in [-0.15, -0.1) is 0 Å². The van der Waals surface area contributed by atoms with Crippen LogP contribution < -0.4 is 4.74 Å². The van der Waals surface area contributed by atoms with Gasteiger partial charge in [-0.05, 0) is 57.9 Å². The van der Waals surface area contributed by atoms with Crippen LogP contribution in [0.1, 0.15) is 33.9 Å². The van der Waals surface area contributed by atoms with Crippen molar-refractivity contribution in [2.24, 2.45) is 0 Å². The van der Waals surface area contributed by atoms with Gasteiger partial charge in [-0.2, -0.15) is 5.10 Å². The molecule has 180 valence electrons. The molecule has 1 aromatic carbocycles. The van der Waals surface area contributed by atoms with Gasteiger partial charge >= 0.3 is 0 Å². The van der Waals surface area contributed by atoms with E-state index in [2.05, 4.69) is 32.1 Å². The Kier molecular flexibility index (Phi) is 7.26. The number of piperazine rings is 1. The molecule has 4 rings (SSSR count). The summed E-state index contributed by atoms with van der Waals surface area (Å²) in [5, 5.41) is 4.64. The lowest BCUT2D eigenvalue weighted by Crippen LogP contribution is -2.49. The number of aromatic nitrogens is 4. The molecule has 1 aliphatic rings. The van der Waals surface area contributed by atoms with Crippen molar-refractivity contribution in [3.8, 4) is 11.7 Å². The molecule has 0 atom stereocenters. The van der Waals surface area contributed by atoms with Crippen molar-refractivity contribution in [3.63, 3.8) is 0 Å². The van der Waals surface area contributed by atoms with Gasteiger partial charge in [0.1, 0.15) is 5.75 Å². The predicted octanol–water partition coefficient (Wildman–Crippen LogP) is 2.83. The molecule has 1 amide bonds. The van der Waals surface area contributed by atoms with Gasteiger partial charge in [-0.1, -0.05) is 12.1 Å². The number of hydrogen-bond acceptors (Lipinski definition) is 6. The molecule has 0 saturated carbocycles.